The second-order valence-electron chi connectivity index (χ2n) is 4.08. The zero-order chi connectivity index (χ0) is 11.0. The van der Waals surface area contributed by atoms with Crippen LogP contribution in [0.3, 0.4) is 0 Å². The highest BCUT2D eigenvalue weighted by atomic mass is 32.1. The fourth-order valence-corrected chi connectivity index (χ4v) is 2.29. The normalized spacial score (nSPS) is 15.6. The average molecular weight is 235 g/mol. The molecule has 1 aliphatic carbocycles. The molecule has 0 unspecified atom stereocenters. The SMILES string of the molecule is Cc1ccc(-c2nc(CNC3CC3)no2)s1. The van der Waals surface area contributed by atoms with Crippen LogP contribution in [0.1, 0.15) is 23.5 Å². The molecule has 1 fully saturated rings. The highest BCUT2D eigenvalue weighted by Crippen LogP contribution is 2.26. The summed E-state index contributed by atoms with van der Waals surface area (Å²) in [6.45, 7) is 2.78. The molecule has 4 nitrogen and oxygen atoms in total. The van der Waals surface area contributed by atoms with Gasteiger partial charge in [0.15, 0.2) is 5.82 Å². The van der Waals surface area contributed by atoms with Gasteiger partial charge in [0.1, 0.15) is 0 Å². The van der Waals surface area contributed by atoms with Gasteiger partial charge in [0.25, 0.3) is 5.89 Å². The lowest BCUT2D eigenvalue weighted by Crippen LogP contribution is -2.16. The third kappa shape index (κ3) is 2.15. The molecule has 2 aromatic rings. The Labute approximate surface area is 97.7 Å². The van der Waals surface area contributed by atoms with E-state index in [0.717, 1.165) is 10.7 Å². The van der Waals surface area contributed by atoms with E-state index in [1.807, 2.05) is 6.07 Å². The van der Waals surface area contributed by atoms with Gasteiger partial charge in [0, 0.05) is 10.9 Å². The molecule has 2 aromatic heterocycles. The minimum atomic E-state index is 0.630. The summed E-state index contributed by atoms with van der Waals surface area (Å²) in [5, 5.41) is 7.32. The summed E-state index contributed by atoms with van der Waals surface area (Å²) in [7, 11) is 0. The van der Waals surface area contributed by atoms with Crippen molar-refractivity contribution in [2.24, 2.45) is 0 Å². The molecule has 84 valence electrons. The van der Waals surface area contributed by atoms with E-state index in [2.05, 4.69) is 28.4 Å². The second-order valence-corrected chi connectivity index (χ2v) is 5.37. The second kappa shape index (κ2) is 3.99. The minimum absolute atomic E-state index is 0.630. The van der Waals surface area contributed by atoms with Gasteiger partial charge >= 0.3 is 0 Å². The first-order valence-electron chi connectivity index (χ1n) is 5.44. The Morgan fingerprint density at radius 2 is 2.38 bits per heavy atom. The van der Waals surface area contributed by atoms with Crippen LogP contribution in [0.15, 0.2) is 16.7 Å². The third-order valence-electron chi connectivity index (χ3n) is 2.55. The standard InChI is InChI=1S/C11H13N3OS/c1-7-2-5-9(16-7)11-13-10(14-15-11)6-12-8-3-4-8/h2,5,8,12H,3-4,6H2,1H3. The quantitative estimate of drug-likeness (QED) is 0.883. The van der Waals surface area contributed by atoms with E-state index in [9.17, 15) is 0 Å². The van der Waals surface area contributed by atoms with Crippen LogP contribution in [0.4, 0.5) is 0 Å². The summed E-state index contributed by atoms with van der Waals surface area (Å²) < 4.78 is 5.23. The van der Waals surface area contributed by atoms with Crippen LogP contribution in [-0.2, 0) is 6.54 Å². The number of nitrogens with one attached hydrogen (secondary N) is 1. The lowest BCUT2D eigenvalue weighted by atomic mass is 10.4. The Morgan fingerprint density at radius 1 is 1.50 bits per heavy atom. The van der Waals surface area contributed by atoms with Crippen LogP contribution in [0.25, 0.3) is 10.8 Å². The van der Waals surface area contributed by atoms with Gasteiger partial charge < -0.3 is 9.84 Å². The first-order valence-corrected chi connectivity index (χ1v) is 6.26. The van der Waals surface area contributed by atoms with Crippen molar-refractivity contribution in [2.45, 2.75) is 32.4 Å². The number of hydrogen-bond donors (Lipinski definition) is 1. The molecule has 16 heavy (non-hydrogen) atoms. The molecule has 0 saturated heterocycles. The Hall–Kier alpha value is -1.20. The summed E-state index contributed by atoms with van der Waals surface area (Å²) in [5.74, 6) is 1.37. The Kier molecular flexibility index (Phi) is 2.49. The van der Waals surface area contributed by atoms with Gasteiger partial charge in [-0.2, -0.15) is 4.98 Å². The number of thiophene rings is 1. The maximum atomic E-state index is 5.23. The van der Waals surface area contributed by atoms with Crippen molar-refractivity contribution in [2.75, 3.05) is 0 Å². The molecular weight excluding hydrogens is 222 g/mol. The van der Waals surface area contributed by atoms with Crippen LogP contribution < -0.4 is 5.32 Å². The number of rotatable bonds is 4. The van der Waals surface area contributed by atoms with Gasteiger partial charge in [0.05, 0.1) is 11.4 Å². The zero-order valence-corrected chi connectivity index (χ0v) is 9.88. The lowest BCUT2D eigenvalue weighted by molar-refractivity contribution is 0.420. The number of aromatic nitrogens is 2. The fourth-order valence-electron chi connectivity index (χ4n) is 1.50. The van der Waals surface area contributed by atoms with Crippen LogP contribution >= 0.6 is 11.3 Å². The van der Waals surface area contributed by atoms with Crippen LogP contribution in [0, 0.1) is 6.92 Å². The molecule has 0 atom stereocenters. The maximum Gasteiger partial charge on any atom is 0.268 e. The molecule has 3 rings (SSSR count). The molecule has 1 N–H and O–H groups in total. The number of nitrogens with zero attached hydrogens (tertiary/aromatic N) is 2. The molecule has 2 heterocycles. The van der Waals surface area contributed by atoms with E-state index in [1.165, 1.54) is 17.7 Å². The Balaban J connectivity index is 1.71. The van der Waals surface area contributed by atoms with Gasteiger partial charge in [-0.25, -0.2) is 0 Å². The number of hydrogen-bond acceptors (Lipinski definition) is 5. The van der Waals surface area contributed by atoms with Crippen molar-refractivity contribution in [1.82, 2.24) is 15.5 Å². The third-order valence-corrected chi connectivity index (χ3v) is 3.53. The first kappa shape index (κ1) is 9.99. The molecule has 5 heteroatoms. The summed E-state index contributed by atoms with van der Waals surface area (Å²) in [6, 6.07) is 4.75. The van der Waals surface area contributed by atoms with Crippen molar-refractivity contribution < 1.29 is 4.52 Å². The molecule has 0 amide bonds. The van der Waals surface area contributed by atoms with Crippen LogP contribution in [0.2, 0.25) is 0 Å². The fraction of sp³-hybridized carbons (Fsp3) is 0.455. The van der Waals surface area contributed by atoms with Gasteiger partial charge in [-0.05, 0) is 31.9 Å². The van der Waals surface area contributed by atoms with E-state index in [1.54, 1.807) is 11.3 Å². The van der Waals surface area contributed by atoms with E-state index >= 15 is 0 Å². The predicted octanol–water partition coefficient (Wildman–Crippen LogP) is 2.36. The molecule has 0 aliphatic heterocycles. The lowest BCUT2D eigenvalue weighted by Gasteiger charge is -1.94. The van der Waals surface area contributed by atoms with E-state index in [-0.39, 0.29) is 0 Å². The predicted molar refractivity (Wildman–Crippen MR) is 62.2 cm³/mol. The van der Waals surface area contributed by atoms with E-state index in [0.29, 0.717) is 18.5 Å². The van der Waals surface area contributed by atoms with Crippen molar-refractivity contribution in [1.29, 1.82) is 0 Å². The molecule has 0 bridgehead atoms. The topological polar surface area (TPSA) is 51.0 Å². The minimum Gasteiger partial charge on any atom is -0.333 e. The number of aryl methyl sites for hydroxylation is 1. The Bertz CT molecular complexity index is 487. The molecule has 0 spiro atoms. The van der Waals surface area contributed by atoms with Gasteiger partial charge in [-0.1, -0.05) is 5.16 Å². The van der Waals surface area contributed by atoms with Gasteiger partial charge in [-0.3, -0.25) is 0 Å². The largest absolute Gasteiger partial charge is 0.333 e. The summed E-state index contributed by atoms with van der Waals surface area (Å²) in [4.78, 5) is 6.66. The molecular formula is C11H13N3OS. The maximum absolute atomic E-state index is 5.23. The van der Waals surface area contributed by atoms with Crippen LogP contribution in [-0.4, -0.2) is 16.2 Å². The monoisotopic (exact) mass is 235 g/mol. The molecule has 0 radical (unpaired) electrons. The zero-order valence-electron chi connectivity index (χ0n) is 9.06. The summed E-state index contributed by atoms with van der Waals surface area (Å²) in [6.07, 6.45) is 2.55. The van der Waals surface area contributed by atoms with Crippen molar-refractivity contribution in [3.05, 3.63) is 22.8 Å². The average Bonchev–Trinajstić information content (AvgIpc) is 2.81. The molecule has 0 aromatic carbocycles. The summed E-state index contributed by atoms with van der Waals surface area (Å²) >= 11 is 1.67. The Morgan fingerprint density at radius 3 is 3.06 bits per heavy atom. The van der Waals surface area contributed by atoms with Crippen molar-refractivity contribution in [3.63, 3.8) is 0 Å². The summed E-state index contributed by atoms with van der Waals surface area (Å²) in [5.41, 5.74) is 0. The highest BCUT2D eigenvalue weighted by Gasteiger charge is 2.21. The highest BCUT2D eigenvalue weighted by molar-refractivity contribution is 7.15. The van der Waals surface area contributed by atoms with E-state index < -0.39 is 0 Å². The van der Waals surface area contributed by atoms with Gasteiger partial charge in [0.2, 0.25) is 0 Å². The van der Waals surface area contributed by atoms with Crippen molar-refractivity contribution in [3.8, 4) is 10.8 Å². The van der Waals surface area contributed by atoms with Crippen molar-refractivity contribution >= 4 is 11.3 Å². The van der Waals surface area contributed by atoms with Crippen LogP contribution in [0.5, 0.6) is 0 Å². The van der Waals surface area contributed by atoms with E-state index in [4.69, 9.17) is 4.52 Å². The molecule has 1 saturated carbocycles. The smallest absolute Gasteiger partial charge is 0.268 e. The molecule has 1 aliphatic rings. The first-order chi connectivity index (χ1) is 7.81. The van der Waals surface area contributed by atoms with Gasteiger partial charge in [-0.15, -0.1) is 11.3 Å².